The lowest BCUT2D eigenvalue weighted by Gasteiger charge is -2.36. The zero-order chi connectivity index (χ0) is 9.57. The first kappa shape index (κ1) is 9.03. The Kier molecular flexibility index (Phi) is 1.67. The van der Waals surface area contributed by atoms with Crippen LogP contribution >= 0.6 is 0 Å². The number of rotatable bonds is 0. The second kappa shape index (κ2) is 2.21. The fourth-order valence-electron chi connectivity index (χ4n) is 0.793. The van der Waals surface area contributed by atoms with E-state index in [4.69, 9.17) is 9.47 Å². The lowest BCUT2D eigenvalue weighted by molar-refractivity contribution is -0.218. The fourth-order valence-corrected chi connectivity index (χ4v) is 0.793. The predicted octanol–water partition coefficient (Wildman–Crippen LogP) is 0.644. The van der Waals surface area contributed by atoms with Crippen LogP contribution in [0.5, 0.6) is 0 Å². The molecule has 1 fully saturated rings. The maximum Gasteiger partial charge on any atom is 0.351 e. The minimum absolute atomic E-state index is 0.507. The third-order valence-corrected chi connectivity index (χ3v) is 1.68. The molecule has 0 aromatic heterocycles. The molecule has 1 aliphatic heterocycles. The fraction of sp³-hybridized carbons (Fsp3) is 0.750. The van der Waals surface area contributed by atoms with Gasteiger partial charge in [0.1, 0.15) is 0 Å². The third-order valence-electron chi connectivity index (χ3n) is 1.68. The molecule has 0 atom stereocenters. The quantitative estimate of drug-likeness (QED) is 0.503. The van der Waals surface area contributed by atoms with Crippen LogP contribution in [0, 0.1) is 0 Å². The van der Waals surface area contributed by atoms with Gasteiger partial charge in [-0.15, -0.1) is 0 Å². The number of carbonyl (C=O) groups excluding carboxylic acids is 2. The van der Waals surface area contributed by atoms with Gasteiger partial charge < -0.3 is 9.47 Å². The Balaban J connectivity index is 2.91. The van der Waals surface area contributed by atoms with Crippen LogP contribution in [0.15, 0.2) is 0 Å². The maximum absolute atomic E-state index is 11.2. The van der Waals surface area contributed by atoms with Gasteiger partial charge in [0.2, 0.25) is 11.2 Å². The average Bonchev–Trinajstić information content (AvgIpc) is 1.82. The second-order valence-corrected chi connectivity index (χ2v) is 3.80. The van der Waals surface area contributed by atoms with E-state index in [1.54, 1.807) is 0 Å². The highest BCUT2D eigenvalue weighted by Crippen LogP contribution is 2.26. The van der Waals surface area contributed by atoms with Gasteiger partial charge >= 0.3 is 11.9 Å². The highest BCUT2D eigenvalue weighted by Gasteiger charge is 2.48. The van der Waals surface area contributed by atoms with Gasteiger partial charge in [-0.25, -0.2) is 9.59 Å². The van der Waals surface area contributed by atoms with E-state index in [0.29, 0.717) is 0 Å². The van der Waals surface area contributed by atoms with E-state index in [1.807, 2.05) is 0 Å². The molecule has 1 saturated heterocycles. The number of hydrogen-bond donors (Lipinski definition) is 0. The van der Waals surface area contributed by atoms with Crippen LogP contribution in [0.4, 0.5) is 0 Å². The van der Waals surface area contributed by atoms with Gasteiger partial charge in [0.25, 0.3) is 0 Å². The van der Waals surface area contributed by atoms with E-state index in [9.17, 15) is 9.59 Å². The lowest BCUT2D eigenvalue weighted by Crippen LogP contribution is -2.54. The van der Waals surface area contributed by atoms with Crippen LogP contribution in [-0.2, 0) is 19.1 Å². The standard InChI is InChI=1S/C8H12O4/c1-7(2)5(9)12-8(3,4)6(10)11-7/h1-4H3. The molecule has 0 saturated carbocycles. The first-order chi connectivity index (χ1) is 5.26. The summed E-state index contributed by atoms with van der Waals surface area (Å²) in [5.74, 6) is -1.01. The van der Waals surface area contributed by atoms with Crippen LogP contribution in [0.25, 0.3) is 0 Å². The summed E-state index contributed by atoms with van der Waals surface area (Å²) in [5, 5.41) is 0. The van der Waals surface area contributed by atoms with E-state index in [1.165, 1.54) is 27.7 Å². The Bertz CT molecular complexity index is 213. The lowest BCUT2D eigenvalue weighted by atomic mass is 10.0. The SMILES string of the molecule is CC1(C)OC(=O)C(C)(C)OC1=O. The average molecular weight is 172 g/mol. The van der Waals surface area contributed by atoms with Crippen molar-refractivity contribution in [3.63, 3.8) is 0 Å². The monoisotopic (exact) mass is 172 g/mol. The van der Waals surface area contributed by atoms with Crippen LogP contribution in [0.2, 0.25) is 0 Å². The maximum atomic E-state index is 11.2. The molecular formula is C8H12O4. The molecule has 68 valence electrons. The molecule has 1 heterocycles. The Morgan fingerprint density at radius 2 is 1.08 bits per heavy atom. The summed E-state index contributed by atoms with van der Waals surface area (Å²) in [7, 11) is 0. The number of hydrogen-bond acceptors (Lipinski definition) is 4. The highest BCUT2D eigenvalue weighted by molar-refractivity contribution is 5.91. The molecule has 0 aromatic rings. The molecule has 0 aliphatic carbocycles. The van der Waals surface area contributed by atoms with E-state index < -0.39 is 23.1 Å². The molecule has 4 nitrogen and oxygen atoms in total. The molecule has 0 radical (unpaired) electrons. The van der Waals surface area contributed by atoms with Gasteiger partial charge in [0.05, 0.1) is 0 Å². The van der Waals surface area contributed by atoms with Crippen molar-refractivity contribution >= 4 is 11.9 Å². The van der Waals surface area contributed by atoms with Gasteiger partial charge in [-0.2, -0.15) is 0 Å². The van der Waals surface area contributed by atoms with E-state index >= 15 is 0 Å². The number of esters is 2. The summed E-state index contributed by atoms with van der Waals surface area (Å²) >= 11 is 0. The molecule has 0 aromatic carbocycles. The molecule has 0 bridgehead atoms. The summed E-state index contributed by atoms with van der Waals surface area (Å²) < 4.78 is 9.78. The highest BCUT2D eigenvalue weighted by atomic mass is 16.7. The third kappa shape index (κ3) is 1.29. The minimum Gasteiger partial charge on any atom is -0.445 e. The normalized spacial score (nSPS) is 26.0. The molecule has 12 heavy (non-hydrogen) atoms. The zero-order valence-electron chi connectivity index (χ0n) is 7.63. The van der Waals surface area contributed by atoms with Gasteiger partial charge in [-0.1, -0.05) is 0 Å². The van der Waals surface area contributed by atoms with Crippen molar-refractivity contribution in [2.75, 3.05) is 0 Å². The molecule has 4 heteroatoms. The van der Waals surface area contributed by atoms with Crippen molar-refractivity contribution in [3.8, 4) is 0 Å². The topological polar surface area (TPSA) is 52.6 Å². The van der Waals surface area contributed by atoms with Crippen LogP contribution in [-0.4, -0.2) is 23.1 Å². The molecule has 1 aliphatic rings. The Morgan fingerprint density at radius 3 is 1.33 bits per heavy atom. The minimum atomic E-state index is -1.15. The van der Waals surface area contributed by atoms with Gasteiger partial charge in [0, 0.05) is 0 Å². The molecule has 0 N–H and O–H groups in total. The van der Waals surface area contributed by atoms with Crippen molar-refractivity contribution in [1.82, 2.24) is 0 Å². The summed E-state index contributed by atoms with van der Waals surface area (Å²) in [5.41, 5.74) is -2.29. The summed E-state index contributed by atoms with van der Waals surface area (Å²) in [6.07, 6.45) is 0. The Hall–Kier alpha value is -1.06. The van der Waals surface area contributed by atoms with Gasteiger partial charge in [0.15, 0.2) is 0 Å². The zero-order valence-corrected chi connectivity index (χ0v) is 7.63. The van der Waals surface area contributed by atoms with Crippen molar-refractivity contribution in [2.24, 2.45) is 0 Å². The number of carbonyl (C=O) groups is 2. The van der Waals surface area contributed by atoms with Gasteiger partial charge in [-0.05, 0) is 27.7 Å². The largest absolute Gasteiger partial charge is 0.445 e. The van der Waals surface area contributed by atoms with E-state index in [-0.39, 0.29) is 0 Å². The molecule has 1 rings (SSSR count). The Morgan fingerprint density at radius 1 is 0.833 bits per heavy atom. The van der Waals surface area contributed by atoms with E-state index in [2.05, 4.69) is 0 Å². The van der Waals surface area contributed by atoms with Crippen LogP contribution in [0.3, 0.4) is 0 Å². The smallest absolute Gasteiger partial charge is 0.351 e. The molecule has 0 amide bonds. The van der Waals surface area contributed by atoms with Crippen LogP contribution in [0.1, 0.15) is 27.7 Å². The number of ether oxygens (including phenoxy) is 2. The van der Waals surface area contributed by atoms with Crippen molar-refractivity contribution in [2.45, 2.75) is 38.9 Å². The Labute approximate surface area is 70.8 Å². The first-order valence-corrected chi connectivity index (χ1v) is 3.72. The van der Waals surface area contributed by atoms with Crippen LogP contribution < -0.4 is 0 Å². The molecular weight excluding hydrogens is 160 g/mol. The molecule has 0 unspecified atom stereocenters. The summed E-state index contributed by atoms with van der Waals surface area (Å²) in [6, 6.07) is 0. The van der Waals surface area contributed by atoms with Crippen molar-refractivity contribution in [1.29, 1.82) is 0 Å². The second-order valence-electron chi connectivity index (χ2n) is 3.80. The van der Waals surface area contributed by atoms with Crippen molar-refractivity contribution in [3.05, 3.63) is 0 Å². The number of cyclic esters (lactones) is 2. The summed E-state index contributed by atoms with van der Waals surface area (Å²) in [6.45, 7) is 6.01. The predicted molar refractivity (Wildman–Crippen MR) is 40.3 cm³/mol. The first-order valence-electron chi connectivity index (χ1n) is 3.72. The van der Waals surface area contributed by atoms with Crippen molar-refractivity contribution < 1.29 is 19.1 Å². The van der Waals surface area contributed by atoms with Gasteiger partial charge in [-0.3, -0.25) is 0 Å². The van der Waals surface area contributed by atoms with E-state index in [0.717, 1.165) is 0 Å². The molecule has 0 spiro atoms. The summed E-state index contributed by atoms with van der Waals surface area (Å²) in [4.78, 5) is 22.4.